The molecule has 8 atom stereocenters. The van der Waals surface area contributed by atoms with Gasteiger partial charge in [-0.15, -0.1) is 0 Å². The number of hydrogen-bond acceptors (Lipinski definition) is 2. The van der Waals surface area contributed by atoms with Crippen LogP contribution in [0, 0.1) is 40.9 Å². The van der Waals surface area contributed by atoms with E-state index in [4.69, 9.17) is 4.74 Å². The van der Waals surface area contributed by atoms with Crippen LogP contribution in [0.4, 0.5) is 0 Å². The molecule has 0 aromatic rings. The van der Waals surface area contributed by atoms with Gasteiger partial charge < -0.3 is 4.74 Å². The maximum absolute atomic E-state index is 11.8. The van der Waals surface area contributed by atoms with E-state index in [1.807, 2.05) is 6.08 Å². The molecule has 2 nitrogen and oxygen atoms in total. The molecule has 5 aliphatic carbocycles. The van der Waals surface area contributed by atoms with Gasteiger partial charge >= 0.3 is 0 Å². The fourth-order valence-corrected chi connectivity index (χ4v) is 7.72. The number of rotatable bonds is 0. The van der Waals surface area contributed by atoms with Crippen LogP contribution in [0.1, 0.15) is 39.0 Å². The molecule has 3 fully saturated rings. The molecule has 0 N–H and O–H groups in total. The summed E-state index contributed by atoms with van der Waals surface area (Å²) in [4.78, 5) is 11.8. The van der Waals surface area contributed by atoms with Gasteiger partial charge in [-0.25, -0.2) is 0 Å². The SMILES string of the molecule is C[C@]12CCC3C(C=CC4=CC(=O)CC[C@@H]43)C1C1CC1[C@@]21C=CCO1. The first-order valence-electron chi connectivity index (χ1n) is 9.88. The Kier molecular flexibility index (Phi) is 2.54. The summed E-state index contributed by atoms with van der Waals surface area (Å²) in [5.41, 5.74) is 1.68. The third kappa shape index (κ3) is 1.47. The molecule has 1 aliphatic heterocycles. The lowest BCUT2D eigenvalue weighted by atomic mass is 9.50. The van der Waals surface area contributed by atoms with Crippen molar-refractivity contribution in [3.8, 4) is 0 Å². The van der Waals surface area contributed by atoms with E-state index < -0.39 is 0 Å². The summed E-state index contributed by atoms with van der Waals surface area (Å²) in [5.74, 6) is 4.83. The molecule has 24 heavy (non-hydrogen) atoms. The smallest absolute Gasteiger partial charge is 0.155 e. The maximum Gasteiger partial charge on any atom is 0.155 e. The van der Waals surface area contributed by atoms with Crippen LogP contribution >= 0.6 is 0 Å². The van der Waals surface area contributed by atoms with E-state index in [1.165, 1.54) is 24.8 Å². The summed E-state index contributed by atoms with van der Waals surface area (Å²) in [7, 11) is 0. The highest BCUT2D eigenvalue weighted by atomic mass is 16.5. The summed E-state index contributed by atoms with van der Waals surface area (Å²) in [5, 5.41) is 0. The zero-order chi connectivity index (χ0) is 16.1. The molecular formula is C22H26O2. The second kappa shape index (κ2) is 4.33. The van der Waals surface area contributed by atoms with Gasteiger partial charge in [-0.3, -0.25) is 4.79 Å². The zero-order valence-corrected chi connectivity index (χ0v) is 14.4. The Morgan fingerprint density at radius 1 is 1.25 bits per heavy atom. The Hall–Kier alpha value is -1.15. The minimum absolute atomic E-state index is 0.0415. The van der Waals surface area contributed by atoms with E-state index in [1.54, 1.807) is 0 Å². The first-order valence-corrected chi connectivity index (χ1v) is 9.88. The third-order valence-electron chi connectivity index (χ3n) is 8.66. The number of allylic oxidation sites excluding steroid dienone is 4. The maximum atomic E-state index is 11.8. The van der Waals surface area contributed by atoms with Crippen molar-refractivity contribution in [1.29, 1.82) is 0 Å². The normalized spacial score (nSPS) is 56.5. The number of ketones is 1. The van der Waals surface area contributed by atoms with Gasteiger partial charge in [0.2, 0.25) is 0 Å². The van der Waals surface area contributed by atoms with Gasteiger partial charge in [0.25, 0.3) is 0 Å². The predicted octanol–water partition coefficient (Wildman–Crippen LogP) is 4.09. The summed E-state index contributed by atoms with van der Waals surface area (Å²) in [6.07, 6.45) is 17.2. The Bertz CT molecular complexity index is 715. The van der Waals surface area contributed by atoms with Crippen LogP contribution in [0.25, 0.3) is 0 Å². The van der Waals surface area contributed by atoms with Crippen molar-refractivity contribution >= 4 is 5.78 Å². The molecule has 0 aromatic heterocycles. The molecule has 1 spiro atoms. The Morgan fingerprint density at radius 2 is 2.17 bits per heavy atom. The largest absolute Gasteiger partial charge is 0.366 e. The van der Waals surface area contributed by atoms with Crippen molar-refractivity contribution in [2.24, 2.45) is 40.9 Å². The van der Waals surface area contributed by atoms with Gasteiger partial charge in [-0.1, -0.05) is 31.2 Å². The van der Waals surface area contributed by atoms with E-state index in [9.17, 15) is 4.79 Å². The molecule has 6 rings (SSSR count). The van der Waals surface area contributed by atoms with Crippen LogP contribution in [0.15, 0.2) is 36.0 Å². The van der Waals surface area contributed by atoms with Crippen molar-refractivity contribution in [3.63, 3.8) is 0 Å². The first-order chi connectivity index (χ1) is 11.6. The molecule has 0 amide bonds. The number of hydrogen-bond donors (Lipinski definition) is 0. The number of carbonyl (C=O) groups excluding carboxylic acids is 1. The molecule has 126 valence electrons. The average Bonchev–Trinajstić information content (AvgIpc) is 3.13. The molecular weight excluding hydrogens is 296 g/mol. The van der Waals surface area contributed by atoms with E-state index in [2.05, 4.69) is 31.2 Å². The fraction of sp³-hybridized carbons (Fsp3) is 0.682. The quantitative estimate of drug-likeness (QED) is 0.628. The minimum atomic E-state index is 0.0415. The molecule has 0 saturated heterocycles. The van der Waals surface area contributed by atoms with Crippen LogP contribution in [-0.2, 0) is 9.53 Å². The Labute approximate surface area is 144 Å². The molecule has 1 heterocycles. The minimum Gasteiger partial charge on any atom is -0.366 e. The first kappa shape index (κ1) is 14.1. The summed E-state index contributed by atoms with van der Waals surface area (Å²) in [6, 6.07) is 0. The van der Waals surface area contributed by atoms with Gasteiger partial charge in [-0.05, 0) is 72.8 Å². The Balaban J connectivity index is 1.43. The number of ether oxygens (including phenoxy) is 1. The van der Waals surface area contributed by atoms with Crippen LogP contribution in [0.5, 0.6) is 0 Å². The van der Waals surface area contributed by atoms with E-state index in [-0.39, 0.29) is 5.60 Å². The topological polar surface area (TPSA) is 26.3 Å². The van der Waals surface area contributed by atoms with Gasteiger partial charge in [0.15, 0.2) is 5.78 Å². The second-order valence-corrected chi connectivity index (χ2v) is 9.35. The fourth-order valence-electron chi connectivity index (χ4n) is 7.72. The predicted molar refractivity (Wildman–Crippen MR) is 92.2 cm³/mol. The number of fused-ring (bicyclic) bond motifs is 9. The van der Waals surface area contributed by atoms with E-state index >= 15 is 0 Å². The zero-order valence-electron chi connectivity index (χ0n) is 14.4. The van der Waals surface area contributed by atoms with Crippen LogP contribution < -0.4 is 0 Å². The molecule has 0 radical (unpaired) electrons. The third-order valence-corrected chi connectivity index (χ3v) is 8.66. The lowest BCUT2D eigenvalue weighted by Crippen LogP contribution is -2.54. The van der Waals surface area contributed by atoms with E-state index in [0.29, 0.717) is 23.0 Å². The molecule has 5 unspecified atom stereocenters. The number of carbonyl (C=O) groups is 1. The molecule has 3 saturated carbocycles. The van der Waals surface area contributed by atoms with Crippen LogP contribution in [-0.4, -0.2) is 18.0 Å². The lowest BCUT2D eigenvalue weighted by Gasteiger charge is -2.55. The Morgan fingerprint density at radius 3 is 3.00 bits per heavy atom. The van der Waals surface area contributed by atoms with Crippen molar-refractivity contribution in [2.75, 3.05) is 6.61 Å². The molecule has 0 aromatic carbocycles. The van der Waals surface area contributed by atoms with Crippen molar-refractivity contribution in [2.45, 2.75) is 44.6 Å². The van der Waals surface area contributed by atoms with Crippen molar-refractivity contribution < 1.29 is 9.53 Å². The van der Waals surface area contributed by atoms with Crippen molar-refractivity contribution in [3.05, 3.63) is 36.0 Å². The highest BCUT2D eigenvalue weighted by Gasteiger charge is 2.76. The van der Waals surface area contributed by atoms with Crippen LogP contribution in [0.2, 0.25) is 0 Å². The highest BCUT2D eigenvalue weighted by Crippen LogP contribution is 2.77. The van der Waals surface area contributed by atoms with Gasteiger partial charge in [0, 0.05) is 11.8 Å². The lowest BCUT2D eigenvalue weighted by molar-refractivity contribution is -0.122. The second-order valence-electron chi connectivity index (χ2n) is 9.35. The van der Waals surface area contributed by atoms with E-state index in [0.717, 1.165) is 43.1 Å². The summed E-state index contributed by atoms with van der Waals surface area (Å²) < 4.78 is 6.44. The summed E-state index contributed by atoms with van der Waals surface area (Å²) >= 11 is 0. The summed E-state index contributed by atoms with van der Waals surface area (Å²) in [6.45, 7) is 3.34. The van der Waals surface area contributed by atoms with Crippen LogP contribution in [0.3, 0.4) is 0 Å². The highest BCUT2D eigenvalue weighted by molar-refractivity contribution is 5.91. The molecule has 6 aliphatic rings. The molecule has 0 bridgehead atoms. The van der Waals surface area contributed by atoms with Gasteiger partial charge in [-0.2, -0.15) is 0 Å². The van der Waals surface area contributed by atoms with Gasteiger partial charge in [0.05, 0.1) is 12.2 Å². The standard InChI is InChI=1S/C22H26O2/c1-21-9-7-16-15-6-4-14(23)11-13(15)3-5-17(16)20(21)18-12-19(18)22(21)8-2-10-24-22/h2-3,5,8,11,15-20H,4,6-7,9-10,12H2,1H3/t15-,16?,17?,18?,19?,20?,21-,22-/m0/s1. The van der Waals surface area contributed by atoms with Crippen molar-refractivity contribution in [1.82, 2.24) is 0 Å². The monoisotopic (exact) mass is 322 g/mol. The van der Waals surface area contributed by atoms with Gasteiger partial charge in [0.1, 0.15) is 0 Å². The average molecular weight is 322 g/mol. The molecule has 2 heteroatoms.